The van der Waals surface area contributed by atoms with Crippen molar-refractivity contribution in [3.05, 3.63) is 48.4 Å². The van der Waals surface area contributed by atoms with Crippen molar-refractivity contribution in [2.45, 2.75) is 31.2 Å². The number of aliphatic hydroxyl groups is 1. The Kier molecular flexibility index (Phi) is 5.59. The predicted octanol–water partition coefficient (Wildman–Crippen LogP) is 3.09. The summed E-state index contributed by atoms with van der Waals surface area (Å²) in [6.45, 7) is 0.108. The van der Waals surface area contributed by atoms with E-state index in [2.05, 4.69) is 25.1 Å². The standard InChI is InChI=1S/C21H20F3N5O3/c1-29-11-14(10-26-29)18-27-16(13-3-5-15(6-4-13)32-21(22,23)24)9-17(28-18)19(30)25-12-20(31)7-2-8-20/h3-6,9-11,31H,2,7-8,12H2,1H3,(H,25,30). The van der Waals surface area contributed by atoms with E-state index < -0.39 is 17.9 Å². The fourth-order valence-electron chi connectivity index (χ4n) is 3.30. The van der Waals surface area contributed by atoms with E-state index in [-0.39, 0.29) is 23.8 Å². The smallest absolute Gasteiger partial charge is 0.406 e. The van der Waals surface area contributed by atoms with Crippen molar-refractivity contribution in [1.82, 2.24) is 25.1 Å². The number of nitrogens with one attached hydrogen (secondary N) is 1. The van der Waals surface area contributed by atoms with Crippen molar-refractivity contribution >= 4 is 5.91 Å². The summed E-state index contributed by atoms with van der Waals surface area (Å²) in [6.07, 6.45) is 0.574. The zero-order chi connectivity index (χ0) is 22.9. The number of carbonyl (C=O) groups is 1. The first-order chi connectivity index (χ1) is 15.1. The number of aryl methyl sites for hydroxylation is 1. The van der Waals surface area contributed by atoms with Gasteiger partial charge in [0.2, 0.25) is 0 Å². The Morgan fingerprint density at radius 2 is 1.94 bits per heavy atom. The van der Waals surface area contributed by atoms with Gasteiger partial charge in [-0.25, -0.2) is 9.97 Å². The molecule has 11 heteroatoms. The minimum absolute atomic E-state index is 0.0624. The van der Waals surface area contributed by atoms with Gasteiger partial charge in [0.15, 0.2) is 5.82 Å². The first-order valence-corrected chi connectivity index (χ1v) is 9.85. The highest BCUT2D eigenvalue weighted by Crippen LogP contribution is 2.31. The number of ether oxygens (including phenoxy) is 1. The molecular formula is C21H20F3N5O3. The molecule has 1 fully saturated rings. The molecule has 2 N–H and O–H groups in total. The Balaban J connectivity index is 1.65. The minimum atomic E-state index is -4.79. The highest BCUT2D eigenvalue weighted by molar-refractivity contribution is 5.93. The van der Waals surface area contributed by atoms with Crippen LogP contribution in [0.5, 0.6) is 5.75 Å². The molecule has 32 heavy (non-hydrogen) atoms. The molecule has 0 bridgehead atoms. The third-order valence-corrected chi connectivity index (χ3v) is 5.17. The monoisotopic (exact) mass is 447 g/mol. The second kappa shape index (κ2) is 8.23. The van der Waals surface area contributed by atoms with Gasteiger partial charge in [-0.15, -0.1) is 13.2 Å². The summed E-state index contributed by atoms with van der Waals surface area (Å²) in [5, 5.41) is 17.0. The van der Waals surface area contributed by atoms with Gasteiger partial charge in [-0.1, -0.05) is 0 Å². The summed E-state index contributed by atoms with van der Waals surface area (Å²) in [5.74, 6) is -0.621. The Hall–Kier alpha value is -3.47. The van der Waals surface area contributed by atoms with Crippen molar-refractivity contribution in [3.63, 3.8) is 0 Å². The Morgan fingerprint density at radius 1 is 1.22 bits per heavy atom. The van der Waals surface area contributed by atoms with E-state index in [4.69, 9.17) is 0 Å². The lowest BCUT2D eigenvalue weighted by atomic mass is 9.80. The van der Waals surface area contributed by atoms with Gasteiger partial charge in [-0.05, 0) is 49.6 Å². The van der Waals surface area contributed by atoms with Gasteiger partial charge in [0.1, 0.15) is 11.4 Å². The van der Waals surface area contributed by atoms with Crippen LogP contribution in [0.1, 0.15) is 29.8 Å². The molecule has 1 aromatic carbocycles. The zero-order valence-electron chi connectivity index (χ0n) is 17.1. The predicted molar refractivity (Wildman–Crippen MR) is 107 cm³/mol. The third-order valence-electron chi connectivity index (χ3n) is 5.17. The summed E-state index contributed by atoms with van der Waals surface area (Å²) < 4.78 is 42.7. The summed E-state index contributed by atoms with van der Waals surface area (Å²) in [7, 11) is 1.72. The Morgan fingerprint density at radius 3 is 2.50 bits per heavy atom. The number of nitrogens with zero attached hydrogens (tertiary/aromatic N) is 4. The number of amides is 1. The molecule has 4 rings (SSSR count). The van der Waals surface area contributed by atoms with E-state index in [9.17, 15) is 23.1 Å². The second-order valence-corrected chi connectivity index (χ2v) is 7.70. The van der Waals surface area contributed by atoms with E-state index in [0.29, 0.717) is 29.7 Å². The van der Waals surface area contributed by atoms with Crippen LogP contribution in [-0.4, -0.2) is 49.3 Å². The van der Waals surface area contributed by atoms with Gasteiger partial charge < -0.3 is 15.2 Å². The zero-order valence-corrected chi connectivity index (χ0v) is 17.1. The average molecular weight is 447 g/mol. The van der Waals surface area contributed by atoms with Gasteiger partial charge in [-0.3, -0.25) is 9.48 Å². The lowest BCUT2D eigenvalue weighted by molar-refractivity contribution is -0.274. The summed E-state index contributed by atoms with van der Waals surface area (Å²) >= 11 is 0. The highest BCUT2D eigenvalue weighted by atomic mass is 19.4. The molecule has 3 aromatic rings. The number of rotatable bonds is 6. The number of hydrogen-bond donors (Lipinski definition) is 2. The summed E-state index contributed by atoms with van der Waals surface area (Å²) in [5.41, 5.74) is 0.542. The van der Waals surface area contributed by atoms with Crippen LogP contribution in [0.2, 0.25) is 0 Å². The Bertz CT molecular complexity index is 1120. The molecule has 0 radical (unpaired) electrons. The molecule has 0 unspecified atom stereocenters. The topological polar surface area (TPSA) is 102 Å². The SMILES string of the molecule is Cn1cc(-c2nc(C(=O)NCC3(O)CCC3)cc(-c3ccc(OC(F)(F)F)cc3)n2)cn1. The van der Waals surface area contributed by atoms with Crippen molar-refractivity contribution in [2.24, 2.45) is 7.05 Å². The summed E-state index contributed by atoms with van der Waals surface area (Å²) in [6, 6.07) is 6.60. The number of alkyl halides is 3. The molecule has 2 heterocycles. The maximum Gasteiger partial charge on any atom is 0.573 e. The van der Waals surface area contributed by atoms with E-state index in [1.54, 1.807) is 17.9 Å². The van der Waals surface area contributed by atoms with Gasteiger partial charge in [-0.2, -0.15) is 5.10 Å². The first kappa shape index (κ1) is 21.8. The number of carbonyl (C=O) groups excluding carboxylic acids is 1. The average Bonchev–Trinajstić information content (AvgIpc) is 3.16. The normalized spacial score (nSPS) is 15.2. The first-order valence-electron chi connectivity index (χ1n) is 9.85. The van der Waals surface area contributed by atoms with Gasteiger partial charge in [0, 0.05) is 25.4 Å². The van der Waals surface area contributed by atoms with Crippen LogP contribution in [0.3, 0.4) is 0 Å². The third kappa shape index (κ3) is 5.05. The van der Waals surface area contributed by atoms with E-state index >= 15 is 0 Å². The molecule has 0 aliphatic heterocycles. The van der Waals surface area contributed by atoms with Crippen LogP contribution in [0, 0.1) is 0 Å². The number of benzene rings is 1. The molecule has 1 aliphatic rings. The molecule has 2 aromatic heterocycles. The van der Waals surface area contributed by atoms with Crippen LogP contribution in [0.15, 0.2) is 42.7 Å². The fraction of sp³-hybridized carbons (Fsp3) is 0.333. The molecule has 168 valence electrons. The van der Waals surface area contributed by atoms with Crippen molar-refractivity contribution < 1.29 is 27.8 Å². The van der Waals surface area contributed by atoms with Gasteiger partial charge in [0.05, 0.1) is 23.1 Å². The summed E-state index contributed by atoms with van der Waals surface area (Å²) in [4.78, 5) is 21.5. The molecule has 0 saturated heterocycles. The molecular weight excluding hydrogens is 427 g/mol. The molecule has 1 saturated carbocycles. The molecule has 0 atom stereocenters. The van der Waals surface area contributed by atoms with E-state index in [0.717, 1.165) is 6.42 Å². The number of aromatic nitrogens is 4. The van der Waals surface area contributed by atoms with Crippen LogP contribution < -0.4 is 10.1 Å². The lowest BCUT2D eigenvalue weighted by Crippen LogP contribution is -2.47. The largest absolute Gasteiger partial charge is 0.573 e. The van der Waals surface area contributed by atoms with Crippen molar-refractivity contribution in [2.75, 3.05) is 6.54 Å². The minimum Gasteiger partial charge on any atom is -0.406 e. The molecule has 8 nitrogen and oxygen atoms in total. The van der Waals surface area contributed by atoms with Crippen LogP contribution in [0.25, 0.3) is 22.6 Å². The van der Waals surface area contributed by atoms with E-state index in [1.165, 1.54) is 36.5 Å². The molecule has 1 amide bonds. The van der Waals surface area contributed by atoms with Gasteiger partial charge >= 0.3 is 6.36 Å². The van der Waals surface area contributed by atoms with Crippen molar-refractivity contribution in [1.29, 1.82) is 0 Å². The van der Waals surface area contributed by atoms with Crippen LogP contribution >= 0.6 is 0 Å². The van der Waals surface area contributed by atoms with Crippen molar-refractivity contribution in [3.8, 4) is 28.4 Å². The maximum absolute atomic E-state index is 12.7. The van der Waals surface area contributed by atoms with Crippen LogP contribution in [-0.2, 0) is 7.05 Å². The van der Waals surface area contributed by atoms with E-state index in [1.807, 2.05) is 0 Å². The number of halogens is 3. The van der Waals surface area contributed by atoms with Crippen LogP contribution in [0.4, 0.5) is 13.2 Å². The van der Waals surface area contributed by atoms with Gasteiger partial charge in [0.25, 0.3) is 5.91 Å². The second-order valence-electron chi connectivity index (χ2n) is 7.70. The fourth-order valence-corrected chi connectivity index (χ4v) is 3.30. The highest BCUT2D eigenvalue weighted by Gasteiger charge is 2.35. The lowest BCUT2D eigenvalue weighted by Gasteiger charge is -2.36. The Labute approximate surface area is 181 Å². The maximum atomic E-state index is 12.7. The molecule has 0 spiro atoms. The molecule has 1 aliphatic carbocycles. The quantitative estimate of drug-likeness (QED) is 0.602. The number of hydrogen-bond acceptors (Lipinski definition) is 6.